The summed E-state index contributed by atoms with van der Waals surface area (Å²) >= 11 is 0. The lowest BCUT2D eigenvalue weighted by Gasteiger charge is -2.21. The molecule has 1 aromatic carbocycles. The monoisotopic (exact) mass is 417 g/mol. The number of alkyl halides is 3. The number of benzene rings is 1. The molecule has 10 heteroatoms. The highest BCUT2D eigenvalue weighted by atomic mass is 19.4. The summed E-state index contributed by atoms with van der Waals surface area (Å²) in [5.74, 6) is -2.16. The minimum absolute atomic E-state index is 0.0400. The van der Waals surface area contributed by atoms with E-state index < -0.39 is 29.9 Å². The Morgan fingerprint density at radius 3 is 2.70 bits per heavy atom. The fourth-order valence-corrected chi connectivity index (χ4v) is 3.35. The molecule has 1 fully saturated rings. The quantitative estimate of drug-likeness (QED) is 0.655. The zero-order valence-corrected chi connectivity index (χ0v) is 15.7. The predicted molar refractivity (Wildman–Crippen MR) is 97.9 cm³/mol. The molecule has 1 aliphatic carbocycles. The van der Waals surface area contributed by atoms with Crippen LogP contribution in [0.15, 0.2) is 30.5 Å². The Morgan fingerprint density at radius 1 is 1.33 bits per heavy atom. The number of carbonyl (C=O) groups is 1. The molecule has 1 amide bonds. The fourth-order valence-electron chi connectivity index (χ4n) is 3.35. The van der Waals surface area contributed by atoms with Gasteiger partial charge < -0.3 is 5.32 Å². The molecule has 154 valence electrons. The molecule has 1 saturated carbocycles. The third kappa shape index (κ3) is 3.58. The molecular weight excluding hydrogens is 402 g/mol. The van der Waals surface area contributed by atoms with E-state index in [9.17, 15) is 27.6 Å². The maximum Gasteiger partial charge on any atom is 0.408 e. The SMILES string of the molecule is Cc1cc(-c2ccc(F)cc2C#N)nn2c(C(=O)NC(C3CC3)C(F)(F)F)cnc12. The zero-order valence-electron chi connectivity index (χ0n) is 15.7. The maximum atomic E-state index is 13.5. The second-order valence-corrected chi connectivity index (χ2v) is 7.22. The van der Waals surface area contributed by atoms with Crippen molar-refractivity contribution in [3.63, 3.8) is 0 Å². The number of nitrogens with zero attached hydrogens (tertiary/aromatic N) is 4. The van der Waals surface area contributed by atoms with Crippen molar-refractivity contribution in [3.05, 3.63) is 53.1 Å². The van der Waals surface area contributed by atoms with E-state index in [0.717, 1.165) is 16.8 Å². The molecule has 0 radical (unpaired) electrons. The Hall–Kier alpha value is -3.48. The van der Waals surface area contributed by atoms with Crippen molar-refractivity contribution >= 4 is 11.6 Å². The van der Waals surface area contributed by atoms with Crippen LogP contribution in [-0.4, -0.2) is 32.7 Å². The van der Waals surface area contributed by atoms with Crippen molar-refractivity contribution in [1.29, 1.82) is 5.26 Å². The van der Waals surface area contributed by atoms with Crippen LogP contribution in [0.2, 0.25) is 0 Å². The minimum Gasteiger partial charge on any atom is -0.339 e. The first-order valence-corrected chi connectivity index (χ1v) is 9.12. The number of hydrogen-bond donors (Lipinski definition) is 1. The molecule has 1 unspecified atom stereocenters. The minimum atomic E-state index is -4.55. The third-order valence-corrected chi connectivity index (χ3v) is 4.99. The van der Waals surface area contributed by atoms with Gasteiger partial charge in [-0.05, 0) is 55.5 Å². The Morgan fingerprint density at radius 2 is 2.07 bits per heavy atom. The average molecular weight is 417 g/mol. The molecule has 6 nitrogen and oxygen atoms in total. The van der Waals surface area contributed by atoms with Crippen molar-refractivity contribution in [2.45, 2.75) is 32.0 Å². The summed E-state index contributed by atoms with van der Waals surface area (Å²) in [5.41, 5.74) is 1.35. The molecule has 0 spiro atoms. The number of carbonyl (C=O) groups excluding carboxylic acids is 1. The van der Waals surface area contributed by atoms with Crippen LogP contribution in [0.4, 0.5) is 17.6 Å². The van der Waals surface area contributed by atoms with E-state index in [1.54, 1.807) is 13.0 Å². The Balaban J connectivity index is 1.76. The molecule has 1 atom stereocenters. The summed E-state index contributed by atoms with van der Waals surface area (Å²) in [5, 5.41) is 15.6. The van der Waals surface area contributed by atoms with Crippen molar-refractivity contribution in [2.75, 3.05) is 0 Å². The molecule has 1 N–H and O–H groups in total. The van der Waals surface area contributed by atoms with Crippen LogP contribution in [0, 0.1) is 30.0 Å². The van der Waals surface area contributed by atoms with E-state index in [-0.39, 0.29) is 17.0 Å². The molecule has 0 aliphatic heterocycles. The summed E-state index contributed by atoms with van der Waals surface area (Å²) in [4.78, 5) is 16.7. The normalized spacial score (nSPS) is 15.1. The van der Waals surface area contributed by atoms with Crippen molar-refractivity contribution < 1.29 is 22.4 Å². The Labute approximate surface area is 168 Å². The Kier molecular flexibility index (Phi) is 4.68. The maximum absolute atomic E-state index is 13.5. The molecule has 2 aromatic heterocycles. The smallest absolute Gasteiger partial charge is 0.339 e. The molecule has 1 aliphatic rings. The van der Waals surface area contributed by atoms with E-state index in [4.69, 9.17) is 0 Å². The number of halogens is 4. The van der Waals surface area contributed by atoms with Gasteiger partial charge >= 0.3 is 6.18 Å². The van der Waals surface area contributed by atoms with Gasteiger partial charge in [-0.15, -0.1) is 0 Å². The number of aromatic nitrogens is 3. The first-order valence-electron chi connectivity index (χ1n) is 9.12. The van der Waals surface area contributed by atoms with Crippen molar-refractivity contribution in [2.24, 2.45) is 5.92 Å². The van der Waals surface area contributed by atoms with Crippen LogP contribution in [0.3, 0.4) is 0 Å². The van der Waals surface area contributed by atoms with Gasteiger partial charge in [0.05, 0.1) is 23.5 Å². The first kappa shape index (κ1) is 19.8. The van der Waals surface area contributed by atoms with Crippen molar-refractivity contribution in [1.82, 2.24) is 19.9 Å². The molecule has 0 bridgehead atoms. The van der Waals surface area contributed by atoms with Crippen LogP contribution in [0.25, 0.3) is 16.9 Å². The zero-order chi connectivity index (χ0) is 21.6. The summed E-state index contributed by atoms with van der Waals surface area (Å²) in [6, 6.07) is 5.18. The van der Waals surface area contributed by atoms with Gasteiger partial charge in [-0.2, -0.15) is 23.5 Å². The molecular formula is C20H15F4N5O. The summed E-state index contributed by atoms with van der Waals surface area (Å²) in [6.07, 6.45) is -2.59. The lowest BCUT2D eigenvalue weighted by Crippen LogP contribution is -2.47. The van der Waals surface area contributed by atoms with E-state index in [2.05, 4.69) is 15.4 Å². The van der Waals surface area contributed by atoms with Gasteiger partial charge in [0.1, 0.15) is 11.9 Å². The van der Waals surface area contributed by atoms with Gasteiger partial charge in [-0.3, -0.25) is 4.79 Å². The number of hydrogen-bond acceptors (Lipinski definition) is 4. The van der Waals surface area contributed by atoms with Gasteiger partial charge in [0, 0.05) is 5.56 Å². The number of aryl methyl sites for hydroxylation is 1. The summed E-state index contributed by atoms with van der Waals surface area (Å²) in [6.45, 7) is 1.69. The molecule has 4 rings (SSSR count). The van der Waals surface area contributed by atoms with Gasteiger partial charge in [-0.25, -0.2) is 13.9 Å². The summed E-state index contributed by atoms with van der Waals surface area (Å²) in [7, 11) is 0. The second-order valence-electron chi connectivity index (χ2n) is 7.22. The highest BCUT2D eigenvalue weighted by Gasteiger charge is 2.49. The Bertz CT molecular complexity index is 1190. The lowest BCUT2D eigenvalue weighted by atomic mass is 10.0. The number of amides is 1. The fraction of sp³-hybridized carbons (Fsp3) is 0.300. The van der Waals surface area contributed by atoms with Crippen LogP contribution in [0.5, 0.6) is 0 Å². The first-order chi connectivity index (χ1) is 14.2. The second kappa shape index (κ2) is 7.09. The summed E-state index contributed by atoms with van der Waals surface area (Å²) < 4.78 is 54.4. The standard InChI is InChI=1S/C20H15F4N5O/c1-10-6-15(14-5-4-13(21)7-12(14)8-25)28-29-16(9-26-18(10)29)19(30)27-17(11-2-3-11)20(22,23)24/h4-7,9,11,17H,2-3H2,1H3,(H,27,30). The van der Waals surface area contributed by atoms with Crippen LogP contribution < -0.4 is 5.32 Å². The largest absolute Gasteiger partial charge is 0.408 e. The van der Waals surface area contributed by atoms with Crippen LogP contribution in [0.1, 0.15) is 34.5 Å². The van der Waals surface area contributed by atoms with Gasteiger partial charge in [0.25, 0.3) is 5.91 Å². The highest BCUT2D eigenvalue weighted by Crippen LogP contribution is 2.40. The number of imidazole rings is 1. The molecule has 3 aromatic rings. The predicted octanol–water partition coefficient (Wildman–Crippen LogP) is 3.79. The van der Waals surface area contributed by atoms with E-state index in [0.29, 0.717) is 29.6 Å². The van der Waals surface area contributed by atoms with Gasteiger partial charge in [0.2, 0.25) is 0 Å². The van der Waals surface area contributed by atoms with E-state index >= 15 is 0 Å². The number of fused-ring (bicyclic) bond motifs is 1. The van der Waals surface area contributed by atoms with E-state index in [1.807, 2.05) is 6.07 Å². The molecule has 30 heavy (non-hydrogen) atoms. The molecule has 2 heterocycles. The number of nitrogens with one attached hydrogen (secondary N) is 1. The number of nitriles is 1. The van der Waals surface area contributed by atoms with Crippen LogP contribution >= 0.6 is 0 Å². The van der Waals surface area contributed by atoms with Crippen molar-refractivity contribution in [3.8, 4) is 17.3 Å². The van der Waals surface area contributed by atoms with Gasteiger partial charge in [0.15, 0.2) is 11.3 Å². The topological polar surface area (TPSA) is 83.1 Å². The lowest BCUT2D eigenvalue weighted by molar-refractivity contribution is -0.158. The van der Waals surface area contributed by atoms with E-state index in [1.165, 1.54) is 12.1 Å². The number of rotatable bonds is 4. The van der Waals surface area contributed by atoms with Crippen LogP contribution in [-0.2, 0) is 0 Å². The third-order valence-electron chi connectivity index (χ3n) is 4.99. The van der Waals surface area contributed by atoms with Gasteiger partial charge in [-0.1, -0.05) is 0 Å². The average Bonchev–Trinajstić information content (AvgIpc) is 3.42. The highest BCUT2D eigenvalue weighted by molar-refractivity contribution is 5.93. The molecule has 0 saturated heterocycles.